The number of piperidine rings is 1. The summed E-state index contributed by atoms with van der Waals surface area (Å²) in [4.78, 5) is 6.12. The molecule has 2 aliphatic rings. The Morgan fingerprint density at radius 3 is 2.79 bits per heavy atom. The van der Waals surface area contributed by atoms with Crippen molar-refractivity contribution >= 4 is 17.1 Å². The summed E-state index contributed by atoms with van der Waals surface area (Å²) < 4.78 is 43.1. The molecule has 4 aromatic rings. The second-order valence-corrected chi connectivity index (χ2v) is 10.7. The lowest BCUT2D eigenvalue weighted by molar-refractivity contribution is -0.0849. The van der Waals surface area contributed by atoms with Gasteiger partial charge in [-0.25, -0.2) is 18.0 Å². The average Bonchev–Trinajstić information content (AvgIpc) is 3.44. The summed E-state index contributed by atoms with van der Waals surface area (Å²) in [6.07, 6.45) is 3.82. The fraction of sp³-hybridized carbons (Fsp3) is 0.462. The predicted molar refractivity (Wildman–Crippen MR) is 138 cm³/mol. The molecule has 2 aliphatic heterocycles. The molecule has 3 atom stereocenters. The van der Waals surface area contributed by atoms with E-state index in [4.69, 9.17) is 21.1 Å². The molecule has 0 bridgehead atoms. The number of likely N-dealkylation sites (tertiary alicyclic amines) is 1. The highest BCUT2D eigenvalue weighted by Gasteiger charge is 2.37. The number of alkyl halides is 1. The molecule has 0 amide bonds. The summed E-state index contributed by atoms with van der Waals surface area (Å²) in [7, 11) is 0. The molecule has 0 aromatic carbocycles. The van der Waals surface area contributed by atoms with Crippen molar-refractivity contribution in [2.45, 2.75) is 44.1 Å². The number of aromatic nitrogens is 6. The standard InChI is InChI=1S/C26H28ClF2N7O3/c1-15-24(32-33-36(15)21-5-6-34(11-20(21)29)18-12-38-13-18)16-7-22(25-19(27)9-31-35(25)10-16)39-14-26(2,37)23-4-3-17(28)8-30-23/h3-4,7-10,18,20-21,37H,5-6,11-14H2,1-2H3/t20-,21+,26?/m1/s1. The number of ether oxygens (including phenoxy) is 2. The molecule has 6 rings (SSSR count). The molecule has 39 heavy (non-hydrogen) atoms. The fourth-order valence-corrected chi connectivity index (χ4v) is 5.38. The van der Waals surface area contributed by atoms with E-state index < -0.39 is 23.6 Å². The molecule has 1 N–H and O–H groups in total. The summed E-state index contributed by atoms with van der Waals surface area (Å²) in [5.41, 5.74) is 1.16. The maximum atomic E-state index is 15.3. The van der Waals surface area contributed by atoms with Gasteiger partial charge in [-0.05, 0) is 38.5 Å². The molecule has 0 radical (unpaired) electrons. The van der Waals surface area contributed by atoms with E-state index >= 15 is 4.39 Å². The molecule has 1 unspecified atom stereocenters. The molecule has 0 aliphatic carbocycles. The number of rotatable bonds is 7. The zero-order valence-corrected chi connectivity index (χ0v) is 22.2. The van der Waals surface area contributed by atoms with Crippen LogP contribution in [0.5, 0.6) is 5.75 Å². The molecule has 10 nitrogen and oxygen atoms in total. The maximum Gasteiger partial charge on any atom is 0.147 e. The Hall–Kier alpha value is -3.19. The second-order valence-electron chi connectivity index (χ2n) is 10.3. The third-order valence-corrected chi connectivity index (χ3v) is 7.79. The van der Waals surface area contributed by atoms with E-state index in [0.717, 1.165) is 12.7 Å². The lowest BCUT2D eigenvalue weighted by atomic mass is 10.00. The van der Waals surface area contributed by atoms with E-state index in [2.05, 4.69) is 25.3 Å². The van der Waals surface area contributed by atoms with Crippen LogP contribution in [0.2, 0.25) is 5.02 Å². The largest absolute Gasteiger partial charge is 0.488 e. The van der Waals surface area contributed by atoms with Crippen LogP contribution >= 0.6 is 11.6 Å². The summed E-state index contributed by atoms with van der Waals surface area (Å²) in [6, 6.07) is 4.25. The maximum absolute atomic E-state index is 15.3. The van der Waals surface area contributed by atoms with Crippen LogP contribution in [0.15, 0.2) is 36.8 Å². The summed E-state index contributed by atoms with van der Waals surface area (Å²) >= 11 is 6.40. The molecule has 0 spiro atoms. The van der Waals surface area contributed by atoms with Gasteiger partial charge in [0, 0.05) is 24.8 Å². The molecule has 6 heterocycles. The van der Waals surface area contributed by atoms with Crippen molar-refractivity contribution in [2.75, 3.05) is 32.9 Å². The molecule has 4 aromatic heterocycles. The van der Waals surface area contributed by atoms with Gasteiger partial charge in [-0.3, -0.25) is 9.88 Å². The monoisotopic (exact) mass is 559 g/mol. The second kappa shape index (κ2) is 10.1. The van der Waals surface area contributed by atoms with Crippen LogP contribution in [0.25, 0.3) is 16.8 Å². The van der Waals surface area contributed by atoms with E-state index in [1.165, 1.54) is 25.3 Å². The quantitative estimate of drug-likeness (QED) is 0.368. The van der Waals surface area contributed by atoms with Gasteiger partial charge in [-0.1, -0.05) is 16.8 Å². The van der Waals surface area contributed by atoms with Crippen molar-refractivity contribution in [1.29, 1.82) is 0 Å². The van der Waals surface area contributed by atoms with Crippen LogP contribution in [0.4, 0.5) is 8.78 Å². The Morgan fingerprint density at radius 1 is 1.28 bits per heavy atom. The van der Waals surface area contributed by atoms with Crippen LogP contribution in [-0.4, -0.2) is 84.7 Å². The van der Waals surface area contributed by atoms with Crippen molar-refractivity contribution in [3.05, 3.63) is 59.0 Å². The molecular formula is C26H28ClF2N7O3. The lowest BCUT2D eigenvalue weighted by Crippen LogP contribution is -2.55. The van der Waals surface area contributed by atoms with Crippen LogP contribution in [0.1, 0.15) is 30.8 Å². The third-order valence-electron chi connectivity index (χ3n) is 7.51. The number of fused-ring (bicyclic) bond motifs is 1. The van der Waals surface area contributed by atoms with Gasteiger partial charge in [0.25, 0.3) is 0 Å². The summed E-state index contributed by atoms with van der Waals surface area (Å²) in [6.45, 7) is 5.62. The van der Waals surface area contributed by atoms with E-state index in [0.29, 0.717) is 65.5 Å². The number of aliphatic hydroxyl groups is 1. The molecule has 13 heteroatoms. The molecule has 2 fully saturated rings. The predicted octanol–water partition coefficient (Wildman–Crippen LogP) is 3.36. The minimum atomic E-state index is -1.51. The van der Waals surface area contributed by atoms with E-state index in [1.54, 1.807) is 21.5 Å². The van der Waals surface area contributed by atoms with Crippen LogP contribution in [0, 0.1) is 12.7 Å². The minimum absolute atomic E-state index is 0.188. The Bertz CT molecular complexity index is 1490. The van der Waals surface area contributed by atoms with Crippen LogP contribution in [0.3, 0.4) is 0 Å². The molecule has 0 saturated carbocycles. The smallest absolute Gasteiger partial charge is 0.147 e. The van der Waals surface area contributed by atoms with E-state index in [1.807, 2.05) is 6.92 Å². The normalized spacial score (nSPS) is 22.1. The van der Waals surface area contributed by atoms with Gasteiger partial charge in [0.15, 0.2) is 0 Å². The highest BCUT2D eigenvalue weighted by atomic mass is 35.5. The van der Waals surface area contributed by atoms with Crippen molar-refractivity contribution in [1.82, 2.24) is 34.5 Å². The summed E-state index contributed by atoms with van der Waals surface area (Å²) in [5, 5.41) is 24.4. The Morgan fingerprint density at radius 2 is 2.10 bits per heavy atom. The number of hydrogen-bond donors (Lipinski definition) is 1. The average molecular weight is 560 g/mol. The fourth-order valence-electron chi connectivity index (χ4n) is 5.15. The van der Waals surface area contributed by atoms with Crippen LogP contribution < -0.4 is 4.74 Å². The number of halogens is 3. The highest BCUT2D eigenvalue weighted by molar-refractivity contribution is 6.34. The van der Waals surface area contributed by atoms with Crippen LogP contribution in [-0.2, 0) is 10.3 Å². The van der Waals surface area contributed by atoms with Gasteiger partial charge in [-0.15, -0.1) is 5.10 Å². The minimum Gasteiger partial charge on any atom is -0.488 e. The van der Waals surface area contributed by atoms with Gasteiger partial charge in [0.2, 0.25) is 0 Å². The SMILES string of the molecule is Cc1c(-c2cc(OCC(C)(O)c3ccc(F)cn3)c3c(Cl)cnn3c2)nnn1[C@H]1CCN(C2COC2)C[C@H]1F. The Kier molecular flexibility index (Phi) is 6.74. The van der Waals surface area contributed by atoms with E-state index in [9.17, 15) is 9.50 Å². The Labute approximate surface area is 228 Å². The number of hydrogen-bond acceptors (Lipinski definition) is 8. The topological polar surface area (TPSA) is 103 Å². The molecule has 2 saturated heterocycles. The van der Waals surface area contributed by atoms with Gasteiger partial charge in [0.1, 0.15) is 41.2 Å². The first-order valence-corrected chi connectivity index (χ1v) is 13.1. The molecule has 206 valence electrons. The Balaban J connectivity index is 1.27. The van der Waals surface area contributed by atoms with Crippen molar-refractivity contribution in [3.8, 4) is 17.0 Å². The van der Waals surface area contributed by atoms with Gasteiger partial charge < -0.3 is 14.6 Å². The third kappa shape index (κ3) is 4.86. The number of nitrogens with zero attached hydrogens (tertiary/aromatic N) is 7. The zero-order chi connectivity index (χ0) is 27.3. The highest BCUT2D eigenvalue weighted by Crippen LogP contribution is 2.35. The van der Waals surface area contributed by atoms with Crippen molar-refractivity contribution in [3.63, 3.8) is 0 Å². The van der Waals surface area contributed by atoms with Gasteiger partial charge >= 0.3 is 0 Å². The van der Waals surface area contributed by atoms with Crippen molar-refractivity contribution < 1.29 is 23.4 Å². The number of pyridine rings is 2. The first-order chi connectivity index (χ1) is 18.7. The first-order valence-electron chi connectivity index (χ1n) is 12.7. The van der Waals surface area contributed by atoms with E-state index in [-0.39, 0.29) is 12.3 Å². The first kappa shape index (κ1) is 26.1. The zero-order valence-electron chi connectivity index (χ0n) is 21.5. The van der Waals surface area contributed by atoms with Crippen molar-refractivity contribution in [2.24, 2.45) is 0 Å². The lowest BCUT2D eigenvalue weighted by Gasteiger charge is -2.42. The summed E-state index contributed by atoms with van der Waals surface area (Å²) in [5.74, 6) is -0.150. The van der Waals surface area contributed by atoms with Gasteiger partial charge in [0.05, 0.1) is 54.1 Å². The van der Waals surface area contributed by atoms with Gasteiger partial charge in [-0.2, -0.15) is 5.10 Å². The molecular weight excluding hydrogens is 532 g/mol.